The zero-order chi connectivity index (χ0) is 17.7. The van der Waals surface area contributed by atoms with Crippen molar-refractivity contribution in [2.24, 2.45) is 5.92 Å². The predicted octanol–water partition coefficient (Wildman–Crippen LogP) is 3.90. The van der Waals surface area contributed by atoms with Crippen molar-refractivity contribution >= 4 is 17.3 Å². The molecule has 0 radical (unpaired) electrons. The maximum Gasteiger partial charge on any atom is 0.336 e. The van der Waals surface area contributed by atoms with Crippen LogP contribution in [0.4, 0.5) is 0 Å². The van der Waals surface area contributed by atoms with E-state index in [0.29, 0.717) is 17.1 Å². The highest BCUT2D eigenvalue weighted by atomic mass is 16.7. The van der Waals surface area contributed by atoms with E-state index in [9.17, 15) is 9.59 Å². The lowest BCUT2D eigenvalue weighted by Crippen LogP contribution is -2.11. The first kappa shape index (κ1) is 15.9. The molecule has 128 valence electrons. The third-order valence-corrected chi connectivity index (χ3v) is 5.35. The molecule has 4 heteroatoms. The smallest absolute Gasteiger partial charge is 0.336 e. The lowest BCUT2D eigenvalue weighted by Gasteiger charge is -2.25. The van der Waals surface area contributed by atoms with Gasteiger partial charge in [-0.05, 0) is 30.4 Å². The van der Waals surface area contributed by atoms with Gasteiger partial charge in [0.1, 0.15) is 0 Å². The second-order valence-corrected chi connectivity index (χ2v) is 6.98. The summed E-state index contributed by atoms with van der Waals surface area (Å²) in [5.74, 6) is 0.0496. The Bertz CT molecular complexity index is 872. The Morgan fingerprint density at radius 2 is 1.96 bits per heavy atom. The van der Waals surface area contributed by atoms with E-state index in [1.54, 1.807) is 13.0 Å². The predicted molar refractivity (Wildman–Crippen MR) is 93.4 cm³/mol. The molecular weight excluding hydrogens is 316 g/mol. The number of allylic oxidation sites excluding steroid dienone is 3. The summed E-state index contributed by atoms with van der Waals surface area (Å²) in [6.07, 6.45) is 3.23. The van der Waals surface area contributed by atoms with Gasteiger partial charge in [0.25, 0.3) is 6.29 Å². The molecule has 4 rings (SSSR count). The summed E-state index contributed by atoms with van der Waals surface area (Å²) in [7, 11) is 0. The fourth-order valence-electron chi connectivity index (χ4n) is 3.93. The summed E-state index contributed by atoms with van der Waals surface area (Å²) in [6, 6.07) is 8.13. The van der Waals surface area contributed by atoms with Gasteiger partial charge >= 0.3 is 5.97 Å². The first-order valence-corrected chi connectivity index (χ1v) is 8.59. The van der Waals surface area contributed by atoms with Crippen molar-refractivity contribution < 1.29 is 19.1 Å². The normalized spacial score (nSPS) is 29.5. The number of hydrogen-bond acceptors (Lipinski definition) is 4. The van der Waals surface area contributed by atoms with Crippen LogP contribution in [0.25, 0.3) is 5.57 Å². The van der Waals surface area contributed by atoms with E-state index in [2.05, 4.69) is 13.0 Å². The molecule has 1 aliphatic heterocycles. The van der Waals surface area contributed by atoms with Crippen molar-refractivity contribution in [2.45, 2.75) is 39.4 Å². The molecular formula is C21H20O4. The fraction of sp³-hybridized carbons (Fsp3) is 0.333. The molecule has 25 heavy (non-hydrogen) atoms. The van der Waals surface area contributed by atoms with E-state index in [-0.39, 0.29) is 17.7 Å². The Morgan fingerprint density at radius 1 is 1.20 bits per heavy atom. The van der Waals surface area contributed by atoms with Crippen LogP contribution in [-0.2, 0) is 19.1 Å². The zero-order valence-electron chi connectivity index (χ0n) is 14.5. The molecule has 0 saturated carbocycles. The van der Waals surface area contributed by atoms with Gasteiger partial charge in [0.2, 0.25) is 0 Å². The topological polar surface area (TPSA) is 52.6 Å². The van der Waals surface area contributed by atoms with Gasteiger partial charge in [0.05, 0.1) is 6.26 Å². The van der Waals surface area contributed by atoms with Gasteiger partial charge in [0.15, 0.2) is 5.78 Å². The number of ether oxygens (including phenoxy) is 2. The standard InChI is InChI=1S/C21H20O4/c1-11-8-16-13(3)17(10-24-18-9-12(2)21(23)25-18)20(22)19(16)15-7-5-4-6-14(11)15/h4-7,9-11,13,18H,8H2,1-3H3/b17-10+. The highest BCUT2D eigenvalue weighted by molar-refractivity contribution is 6.33. The van der Waals surface area contributed by atoms with Crippen LogP contribution in [0.1, 0.15) is 44.2 Å². The molecule has 0 amide bonds. The van der Waals surface area contributed by atoms with Gasteiger partial charge in [-0.15, -0.1) is 0 Å². The van der Waals surface area contributed by atoms with Gasteiger partial charge in [-0.3, -0.25) is 4.79 Å². The van der Waals surface area contributed by atoms with Crippen LogP contribution in [0.3, 0.4) is 0 Å². The molecule has 3 atom stereocenters. The fourth-order valence-corrected chi connectivity index (χ4v) is 3.93. The molecule has 0 saturated heterocycles. The van der Waals surface area contributed by atoms with Gasteiger partial charge in [-0.1, -0.05) is 43.7 Å². The summed E-state index contributed by atoms with van der Waals surface area (Å²) in [5.41, 5.74) is 5.43. The molecule has 3 aliphatic rings. The summed E-state index contributed by atoms with van der Waals surface area (Å²) in [4.78, 5) is 24.4. The highest BCUT2D eigenvalue weighted by Crippen LogP contribution is 2.48. The summed E-state index contributed by atoms with van der Waals surface area (Å²) in [5, 5.41) is 0. The number of carbonyl (C=O) groups is 2. The number of fused-ring (bicyclic) bond motifs is 2. The molecule has 3 unspecified atom stereocenters. The average Bonchev–Trinajstić information content (AvgIpc) is 3.03. The van der Waals surface area contributed by atoms with Crippen LogP contribution in [-0.4, -0.2) is 18.0 Å². The molecule has 0 aromatic heterocycles. The van der Waals surface area contributed by atoms with E-state index < -0.39 is 6.29 Å². The van der Waals surface area contributed by atoms with Crippen LogP contribution in [0, 0.1) is 5.92 Å². The molecule has 0 spiro atoms. The number of Topliss-reactive ketones (excluding diaryl/α,β-unsaturated/α-hetero) is 1. The minimum absolute atomic E-state index is 0.0143. The maximum absolute atomic E-state index is 13.0. The van der Waals surface area contributed by atoms with E-state index >= 15 is 0 Å². The van der Waals surface area contributed by atoms with Gasteiger partial charge in [0, 0.05) is 28.7 Å². The average molecular weight is 336 g/mol. The minimum atomic E-state index is -0.746. The molecule has 1 aromatic carbocycles. The number of esters is 1. The van der Waals surface area contributed by atoms with Crippen LogP contribution < -0.4 is 0 Å². The molecule has 0 fully saturated rings. The Hall–Kier alpha value is -2.62. The van der Waals surface area contributed by atoms with Crippen molar-refractivity contribution in [1.29, 1.82) is 0 Å². The number of cyclic esters (lactones) is 1. The molecule has 2 aliphatic carbocycles. The van der Waals surface area contributed by atoms with Crippen molar-refractivity contribution in [2.75, 3.05) is 0 Å². The number of hydrogen-bond donors (Lipinski definition) is 0. The van der Waals surface area contributed by atoms with E-state index in [4.69, 9.17) is 9.47 Å². The second kappa shape index (κ2) is 5.73. The van der Waals surface area contributed by atoms with Gasteiger partial charge in [-0.2, -0.15) is 0 Å². The van der Waals surface area contributed by atoms with Crippen LogP contribution >= 0.6 is 0 Å². The maximum atomic E-state index is 13.0. The minimum Gasteiger partial charge on any atom is -0.458 e. The molecule has 1 aromatic rings. The van der Waals surface area contributed by atoms with Crippen molar-refractivity contribution in [1.82, 2.24) is 0 Å². The van der Waals surface area contributed by atoms with Crippen molar-refractivity contribution in [3.63, 3.8) is 0 Å². The monoisotopic (exact) mass is 336 g/mol. The first-order valence-electron chi connectivity index (χ1n) is 8.59. The quantitative estimate of drug-likeness (QED) is 0.467. The zero-order valence-corrected chi connectivity index (χ0v) is 14.5. The van der Waals surface area contributed by atoms with Crippen LogP contribution in [0.2, 0.25) is 0 Å². The highest BCUT2D eigenvalue weighted by Gasteiger charge is 2.40. The number of carbonyl (C=O) groups excluding carboxylic acids is 2. The van der Waals surface area contributed by atoms with E-state index in [1.165, 1.54) is 17.4 Å². The molecule has 0 bridgehead atoms. The van der Waals surface area contributed by atoms with Crippen LogP contribution in [0.15, 0.2) is 53.3 Å². The van der Waals surface area contributed by atoms with Gasteiger partial charge < -0.3 is 9.47 Å². The SMILES string of the molecule is CC1=CC(O/C=C2/C(=O)C3=C(CC(C)c4ccccc43)C2C)OC1=O. The largest absolute Gasteiger partial charge is 0.458 e. The lowest BCUT2D eigenvalue weighted by atomic mass is 9.79. The van der Waals surface area contributed by atoms with E-state index in [1.807, 2.05) is 25.1 Å². The van der Waals surface area contributed by atoms with Crippen LogP contribution in [0.5, 0.6) is 0 Å². The Balaban J connectivity index is 1.65. The van der Waals surface area contributed by atoms with Crippen molar-refractivity contribution in [3.05, 3.63) is 64.4 Å². The van der Waals surface area contributed by atoms with E-state index in [0.717, 1.165) is 17.6 Å². The number of benzene rings is 1. The third-order valence-electron chi connectivity index (χ3n) is 5.35. The summed E-state index contributed by atoms with van der Waals surface area (Å²) < 4.78 is 10.6. The third kappa shape index (κ3) is 2.44. The number of rotatable bonds is 2. The Labute approximate surface area is 146 Å². The first-order chi connectivity index (χ1) is 12.0. The summed E-state index contributed by atoms with van der Waals surface area (Å²) >= 11 is 0. The number of ketones is 1. The molecule has 4 nitrogen and oxygen atoms in total. The Kier molecular flexibility index (Phi) is 3.64. The molecule has 0 N–H and O–H groups in total. The second-order valence-electron chi connectivity index (χ2n) is 6.98. The summed E-state index contributed by atoms with van der Waals surface area (Å²) in [6.45, 7) is 5.92. The molecule has 1 heterocycles. The van der Waals surface area contributed by atoms with Crippen molar-refractivity contribution in [3.8, 4) is 0 Å². The van der Waals surface area contributed by atoms with Gasteiger partial charge in [-0.25, -0.2) is 4.79 Å². The Morgan fingerprint density at radius 3 is 2.68 bits per heavy atom. The lowest BCUT2D eigenvalue weighted by molar-refractivity contribution is -0.152.